The van der Waals surface area contributed by atoms with E-state index in [1.54, 1.807) is 0 Å². The first-order valence-corrected chi connectivity index (χ1v) is 15.3. The minimum atomic E-state index is -0.538. The Bertz CT molecular complexity index is 1580. The Morgan fingerprint density at radius 3 is 2.24 bits per heavy atom. The second-order valence-electron chi connectivity index (χ2n) is 13.4. The first-order chi connectivity index (χ1) is 19.8. The quantitative estimate of drug-likeness (QED) is 0.385. The Kier molecular flexibility index (Phi) is 5.41. The molecular formula is C34H37N5O2. The molecule has 3 heterocycles. The van der Waals surface area contributed by atoms with Gasteiger partial charge in [-0.05, 0) is 74.1 Å². The standard InChI is InChI=1S/C34H37N5O2/c1-22-16-26(24-6-8-25(9-7-24)27-17-35-39(21-27)28-4-3-5-28)10-11-29(22)30-36-34(14-15-34)32(41)38(30)20-23-18-37(19-23)31(40)33(2)12-13-33/h6-11,16-17,21,23,28H,3-5,12-15,18-20H2,1-2H3. The van der Waals surface area contributed by atoms with Gasteiger partial charge in [-0.2, -0.15) is 5.10 Å². The zero-order valence-electron chi connectivity index (χ0n) is 24.0. The monoisotopic (exact) mass is 547 g/mol. The van der Waals surface area contributed by atoms with Gasteiger partial charge < -0.3 is 4.90 Å². The highest BCUT2D eigenvalue weighted by molar-refractivity contribution is 6.17. The van der Waals surface area contributed by atoms with Crippen molar-refractivity contribution < 1.29 is 9.59 Å². The summed E-state index contributed by atoms with van der Waals surface area (Å²) in [7, 11) is 0. The van der Waals surface area contributed by atoms with Crippen LogP contribution in [0.1, 0.15) is 69.0 Å². The topological polar surface area (TPSA) is 70.8 Å². The van der Waals surface area contributed by atoms with Crippen LogP contribution in [-0.4, -0.2) is 62.4 Å². The maximum atomic E-state index is 13.5. The molecule has 7 heteroatoms. The smallest absolute Gasteiger partial charge is 0.256 e. The number of likely N-dealkylation sites (tertiary alicyclic amines) is 1. The fourth-order valence-electron chi connectivity index (χ4n) is 6.66. The van der Waals surface area contributed by atoms with Crippen molar-refractivity contribution in [2.75, 3.05) is 19.6 Å². The van der Waals surface area contributed by atoms with Crippen molar-refractivity contribution in [3.63, 3.8) is 0 Å². The normalized spacial score (nSPS) is 22.5. The van der Waals surface area contributed by atoms with Gasteiger partial charge in [-0.3, -0.25) is 24.2 Å². The third-order valence-corrected chi connectivity index (χ3v) is 10.2. The first-order valence-electron chi connectivity index (χ1n) is 15.3. The van der Waals surface area contributed by atoms with E-state index in [0.29, 0.717) is 18.5 Å². The number of hydrogen-bond acceptors (Lipinski definition) is 4. The molecule has 3 aliphatic carbocycles. The van der Waals surface area contributed by atoms with Crippen LogP contribution >= 0.6 is 0 Å². The molecular weight excluding hydrogens is 510 g/mol. The lowest BCUT2D eigenvalue weighted by atomic mass is 9.93. The van der Waals surface area contributed by atoms with E-state index in [9.17, 15) is 9.59 Å². The average Bonchev–Trinajstić information content (AvgIpc) is 3.80. The van der Waals surface area contributed by atoms with Crippen molar-refractivity contribution >= 4 is 17.6 Å². The summed E-state index contributed by atoms with van der Waals surface area (Å²) in [6.07, 6.45) is 11.6. The number of nitrogens with zero attached hydrogens (tertiary/aromatic N) is 5. The summed E-state index contributed by atoms with van der Waals surface area (Å²) in [5.74, 6) is 1.56. The molecule has 0 unspecified atom stereocenters. The van der Waals surface area contributed by atoms with Crippen molar-refractivity contribution in [3.05, 3.63) is 66.0 Å². The average molecular weight is 548 g/mol. The number of carbonyl (C=O) groups is 2. The number of amides is 2. The third-order valence-electron chi connectivity index (χ3n) is 10.2. The minimum absolute atomic E-state index is 0.128. The molecule has 5 aliphatic rings. The van der Waals surface area contributed by atoms with Gasteiger partial charge in [0.15, 0.2) is 0 Å². The second-order valence-corrected chi connectivity index (χ2v) is 13.4. The number of benzene rings is 2. The molecule has 41 heavy (non-hydrogen) atoms. The van der Waals surface area contributed by atoms with Crippen LogP contribution in [0.3, 0.4) is 0 Å². The molecule has 2 amide bonds. The van der Waals surface area contributed by atoms with Crippen molar-refractivity contribution in [2.45, 2.75) is 70.4 Å². The number of hydrogen-bond donors (Lipinski definition) is 0. The lowest BCUT2D eigenvalue weighted by molar-refractivity contribution is -0.143. The molecule has 4 fully saturated rings. The van der Waals surface area contributed by atoms with Crippen LogP contribution in [-0.2, 0) is 9.59 Å². The fraction of sp³-hybridized carbons (Fsp3) is 0.471. The summed E-state index contributed by atoms with van der Waals surface area (Å²) in [6.45, 7) is 6.31. The van der Waals surface area contributed by atoms with Gasteiger partial charge in [0.2, 0.25) is 5.91 Å². The predicted octanol–water partition coefficient (Wildman–Crippen LogP) is 5.63. The van der Waals surface area contributed by atoms with Gasteiger partial charge in [-0.25, -0.2) is 0 Å². The van der Waals surface area contributed by atoms with E-state index in [1.807, 2.05) is 16.0 Å². The summed E-state index contributed by atoms with van der Waals surface area (Å²) in [5, 5.41) is 4.59. The van der Waals surface area contributed by atoms with E-state index < -0.39 is 5.54 Å². The molecule has 3 aromatic rings. The molecule has 0 radical (unpaired) electrons. The maximum absolute atomic E-state index is 13.5. The molecule has 1 aromatic heterocycles. The van der Waals surface area contributed by atoms with Crippen LogP contribution in [0.5, 0.6) is 0 Å². The number of amidine groups is 1. The van der Waals surface area contributed by atoms with Gasteiger partial charge in [0, 0.05) is 48.3 Å². The Labute approximate surface area is 241 Å². The van der Waals surface area contributed by atoms with Crippen LogP contribution in [0.25, 0.3) is 22.3 Å². The SMILES string of the molecule is Cc1cc(-c2ccc(-c3cnn(C4CCC4)c3)cc2)ccc1C1=NC2(CC2)C(=O)N1CC1CN(C(=O)C2(C)CC2)C1. The summed E-state index contributed by atoms with van der Waals surface area (Å²) >= 11 is 0. The number of aromatic nitrogens is 2. The predicted molar refractivity (Wildman–Crippen MR) is 158 cm³/mol. The molecule has 1 saturated heterocycles. The molecule has 2 aromatic carbocycles. The second kappa shape index (κ2) is 8.88. The van der Waals surface area contributed by atoms with Gasteiger partial charge in [-0.1, -0.05) is 49.4 Å². The summed E-state index contributed by atoms with van der Waals surface area (Å²) in [5.41, 5.74) is 6.15. The minimum Gasteiger partial charge on any atom is -0.341 e. The van der Waals surface area contributed by atoms with Crippen molar-refractivity contribution in [1.82, 2.24) is 19.6 Å². The zero-order chi connectivity index (χ0) is 27.9. The summed E-state index contributed by atoms with van der Waals surface area (Å²) in [4.78, 5) is 35.1. The Balaban J connectivity index is 0.989. The number of rotatable bonds is 7. The lowest BCUT2D eigenvalue weighted by Crippen LogP contribution is -2.56. The molecule has 210 valence electrons. The number of carbonyl (C=O) groups excluding carboxylic acids is 2. The largest absolute Gasteiger partial charge is 0.341 e. The van der Waals surface area contributed by atoms with Crippen molar-refractivity contribution in [1.29, 1.82) is 0 Å². The molecule has 8 rings (SSSR count). The molecule has 7 nitrogen and oxygen atoms in total. The Hall–Kier alpha value is -3.74. The number of aryl methyl sites for hydroxylation is 1. The Morgan fingerprint density at radius 1 is 0.951 bits per heavy atom. The Morgan fingerprint density at radius 2 is 1.63 bits per heavy atom. The van der Waals surface area contributed by atoms with Crippen molar-refractivity contribution in [3.8, 4) is 22.3 Å². The fourth-order valence-corrected chi connectivity index (χ4v) is 6.66. The van der Waals surface area contributed by atoms with Gasteiger partial charge in [0.25, 0.3) is 5.91 Å². The summed E-state index contributed by atoms with van der Waals surface area (Å²) < 4.78 is 2.12. The van der Waals surface area contributed by atoms with E-state index in [0.717, 1.165) is 66.9 Å². The van der Waals surface area contributed by atoms with E-state index in [1.165, 1.54) is 30.4 Å². The highest BCUT2D eigenvalue weighted by Gasteiger charge is 2.58. The van der Waals surface area contributed by atoms with Crippen LogP contribution in [0, 0.1) is 18.3 Å². The first kappa shape index (κ1) is 25.0. The highest BCUT2D eigenvalue weighted by Crippen LogP contribution is 2.49. The van der Waals surface area contributed by atoms with Gasteiger partial charge in [0.1, 0.15) is 11.4 Å². The van der Waals surface area contributed by atoms with E-state index >= 15 is 0 Å². The molecule has 3 saturated carbocycles. The molecule has 2 aliphatic heterocycles. The highest BCUT2D eigenvalue weighted by atomic mass is 16.2. The maximum Gasteiger partial charge on any atom is 0.256 e. The molecule has 1 spiro atoms. The van der Waals surface area contributed by atoms with Crippen LogP contribution < -0.4 is 0 Å². The van der Waals surface area contributed by atoms with E-state index in [2.05, 4.69) is 72.3 Å². The van der Waals surface area contributed by atoms with Crippen molar-refractivity contribution in [2.24, 2.45) is 16.3 Å². The third kappa shape index (κ3) is 4.15. The van der Waals surface area contributed by atoms with Gasteiger partial charge in [0.05, 0.1) is 12.2 Å². The van der Waals surface area contributed by atoms with Crippen LogP contribution in [0.2, 0.25) is 0 Å². The number of aliphatic imine (C=N–C) groups is 1. The van der Waals surface area contributed by atoms with Gasteiger partial charge in [-0.15, -0.1) is 0 Å². The van der Waals surface area contributed by atoms with Crippen LogP contribution in [0.4, 0.5) is 0 Å². The van der Waals surface area contributed by atoms with Crippen LogP contribution in [0.15, 0.2) is 59.9 Å². The van der Waals surface area contributed by atoms with E-state index in [-0.39, 0.29) is 17.2 Å². The molecule has 0 N–H and O–H groups in total. The summed E-state index contributed by atoms with van der Waals surface area (Å²) in [6, 6.07) is 15.8. The zero-order valence-corrected chi connectivity index (χ0v) is 24.0. The van der Waals surface area contributed by atoms with E-state index in [4.69, 9.17) is 4.99 Å². The molecule has 0 bridgehead atoms. The van der Waals surface area contributed by atoms with Gasteiger partial charge >= 0.3 is 0 Å². The molecule has 0 atom stereocenters. The lowest BCUT2D eigenvalue weighted by Gasteiger charge is -2.42.